The first-order valence-corrected chi connectivity index (χ1v) is 6.05. The molecule has 0 spiro atoms. The smallest absolute Gasteiger partial charge is 0.0761 e. The Labute approximate surface area is 108 Å². The van der Waals surface area contributed by atoms with Crippen LogP contribution >= 0.6 is 0 Å². The summed E-state index contributed by atoms with van der Waals surface area (Å²) in [6.45, 7) is 2.62. The van der Waals surface area contributed by atoms with E-state index >= 15 is 0 Å². The van der Waals surface area contributed by atoms with Gasteiger partial charge in [0.25, 0.3) is 0 Å². The Morgan fingerprint density at radius 1 is 1.11 bits per heavy atom. The molecule has 1 aromatic heterocycles. The summed E-state index contributed by atoms with van der Waals surface area (Å²) in [5.74, 6) is 0. The summed E-state index contributed by atoms with van der Waals surface area (Å²) in [5.41, 5.74) is 3.30. The first-order chi connectivity index (χ1) is 8.66. The van der Waals surface area contributed by atoms with Gasteiger partial charge < -0.3 is 10.0 Å². The van der Waals surface area contributed by atoms with E-state index in [0.29, 0.717) is 0 Å². The van der Waals surface area contributed by atoms with Crippen molar-refractivity contribution in [3.8, 4) is 0 Å². The predicted molar refractivity (Wildman–Crippen MR) is 73.4 cm³/mol. The van der Waals surface area contributed by atoms with E-state index in [1.807, 2.05) is 36.4 Å². The average molecular weight is 242 g/mol. The van der Waals surface area contributed by atoms with Crippen molar-refractivity contribution in [3.05, 3.63) is 59.9 Å². The summed E-state index contributed by atoms with van der Waals surface area (Å²) in [5, 5.41) is 9.47. The Balaban J connectivity index is 2.07. The Bertz CT molecular complexity index is 480. The van der Waals surface area contributed by atoms with Gasteiger partial charge >= 0.3 is 0 Å². The normalized spacial score (nSPS) is 12.2. The van der Waals surface area contributed by atoms with E-state index in [1.165, 1.54) is 5.56 Å². The fraction of sp³-hybridized carbons (Fsp3) is 0.267. The number of rotatable bonds is 4. The van der Waals surface area contributed by atoms with E-state index < -0.39 is 6.10 Å². The lowest BCUT2D eigenvalue weighted by Gasteiger charge is -2.20. The van der Waals surface area contributed by atoms with Crippen LogP contribution in [0.2, 0.25) is 0 Å². The van der Waals surface area contributed by atoms with Crippen LogP contribution < -0.4 is 4.90 Å². The molecule has 0 fully saturated rings. The van der Waals surface area contributed by atoms with Crippen molar-refractivity contribution in [3.63, 3.8) is 0 Å². The predicted octanol–water partition coefficient (Wildman–Crippen LogP) is 2.77. The molecule has 0 aliphatic carbocycles. The largest absolute Gasteiger partial charge is 0.389 e. The lowest BCUT2D eigenvalue weighted by Crippen LogP contribution is -2.16. The number of hydrogen-bond donors (Lipinski definition) is 1. The van der Waals surface area contributed by atoms with Gasteiger partial charge in [0, 0.05) is 31.7 Å². The minimum absolute atomic E-state index is 0.412. The van der Waals surface area contributed by atoms with Crippen molar-refractivity contribution in [2.75, 3.05) is 11.9 Å². The van der Waals surface area contributed by atoms with Gasteiger partial charge in [0.1, 0.15) is 0 Å². The second-order valence-electron chi connectivity index (χ2n) is 4.48. The summed E-state index contributed by atoms with van der Waals surface area (Å²) in [6.07, 6.45) is 3.20. The molecular formula is C15H18N2O. The Kier molecular flexibility index (Phi) is 3.95. The maximum Gasteiger partial charge on any atom is 0.0761 e. The Morgan fingerprint density at radius 2 is 1.72 bits per heavy atom. The van der Waals surface area contributed by atoms with Crippen molar-refractivity contribution in [2.24, 2.45) is 0 Å². The molecule has 1 unspecified atom stereocenters. The maximum absolute atomic E-state index is 9.47. The third kappa shape index (κ3) is 3.08. The van der Waals surface area contributed by atoms with Gasteiger partial charge in [-0.15, -0.1) is 0 Å². The minimum Gasteiger partial charge on any atom is -0.389 e. The second kappa shape index (κ2) is 5.65. The van der Waals surface area contributed by atoms with Crippen LogP contribution in [0.25, 0.3) is 0 Å². The van der Waals surface area contributed by atoms with Crippen LogP contribution in [0.3, 0.4) is 0 Å². The molecule has 1 atom stereocenters. The number of aromatic nitrogens is 1. The van der Waals surface area contributed by atoms with Crippen molar-refractivity contribution in [2.45, 2.75) is 19.6 Å². The van der Waals surface area contributed by atoms with E-state index in [4.69, 9.17) is 0 Å². The number of hydrogen-bond acceptors (Lipinski definition) is 3. The van der Waals surface area contributed by atoms with E-state index in [1.54, 1.807) is 19.3 Å². The molecule has 0 bridgehead atoms. The molecule has 2 aromatic rings. The molecule has 0 aliphatic rings. The van der Waals surface area contributed by atoms with Gasteiger partial charge in [-0.05, 0) is 42.3 Å². The van der Waals surface area contributed by atoms with E-state index in [9.17, 15) is 5.11 Å². The SMILES string of the molecule is CC(O)c1ccc(N(C)Cc2ccncc2)cc1. The fourth-order valence-electron chi connectivity index (χ4n) is 1.86. The molecule has 0 amide bonds. The van der Waals surface area contributed by atoms with Crippen LogP contribution in [0.4, 0.5) is 5.69 Å². The molecule has 94 valence electrons. The van der Waals surface area contributed by atoms with Gasteiger partial charge in [-0.3, -0.25) is 4.98 Å². The lowest BCUT2D eigenvalue weighted by atomic mass is 10.1. The van der Waals surface area contributed by atoms with Crippen molar-refractivity contribution in [1.82, 2.24) is 4.98 Å². The van der Waals surface area contributed by atoms with Crippen LogP contribution in [-0.4, -0.2) is 17.1 Å². The van der Waals surface area contributed by atoms with Gasteiger partial charge in [0.2, 0.25) is 0 Å². The summed E-state index contributed by atoms with van der Waals surface area (Å²) in [4.78, 5) is 6.18. The molecule has 0 saturated heterocycles. The molecule has 3 nitrogen and oxygen atoms in total. The lowest BCUT2D eigenvalue weighted by molar-refractivity contribution is 0.199. The fourth-order valence-corrected chi connectivity index (χ4v) is 1.86. The standard InChI is InChI=1S/C15H18N2O/c1-12(18)14-3-5-15(6-4-14)17(2)11-13-7-9-16-10-8-13/h3-10,12,18H,11H2,1-2H3. The molecular weight excluding hydrogens is 224 g/mol. The molecule has 1 aromatic carbocycles. The highest BCUT2D eigenvalue weighted by atomic mass is 16.3. The third-order valence-corrected chi connectivity index (χ3v) is 2.99. The number of anilines is 1. The van der Waals surface area contributed by atoms with Crippen LogP contribution in [0, 0.1) is 0 Å². The number of nitrogens with zero attached hydrogens (tertiary/aromatic N) is 2. The zero-order valence-electron chi connectivity index (χ0n) is 10.7. The summed E-state index contributed by atoms with van der Waals surface area (Å²) in [6, 6.07) is 12.0. The second-order valence-corrected chi connectivity index (χ2v) is 4.48. The summed E-state index contributed by atoms with van der Waals surface area (Å²) in [7, 11) is 2.05. The minimum atomic E-state index is -0.412. The Hall–Kier alpha value is -1.87. The highest BCUT2D eigenvalue weighted by molar-refractivity contribution is 5.47. The van der Waals surface area contributed by atoms with Crippen LogP contribution in [0.1, 0.15) is 24.2 Å². The van der Waals surface area contributed by atoms with Crippen LogP contribution in [0.15, 0.2) is 48.8 Å². The maximum atomic E-state index is 9.47. The van der Waals surface area contributed by atoms with Crippen molar-refractivity contribution < 1.29 is 5.11 Å². The number of pyridine rings is 1. The molecule has 2 rings (SSSR count). The van der Waals surface area contributed by atoms with Crippen LogP contribution in [0.5, 0.6) is 0 Å². The number of aliphatic hydroxyl groups is 1. The summed E-state index contributed by atoms with van der Waals surface area (Å²) < 4.78 is 0. The first-order valence-electron chi connectivity index (χ1n) is 6.05. The molecule has 0 aliphatic heterocycles. The quantitative estimate of drug-likeness (QED) is 0.895. The zero-order chi connectivity index (χ0) is 13.0. The monoisotopic (exact) mass is 242 g/mol. The molecule has 0 radical (unpaired) electrons. The van der Waals surface area contributed by atoms with E-state index in [-0.39, 0.29) is 0 Å². The van der Waals surface area contributed by atoms with E-state index in [2.05, 4.69) is 16.9 Å². The molecule has 3 heteroatoms. The first kappa shape index (κ1) is 12.6. The molecule has 1 heterocycles. The number of aliphatic hydroxyl groups excluding tert-OH is 1. The zero-order valence-corrected chi connectivity index (χ0v) is 10.7. The van der Waals surface area contributed by atoms with Crippen molar-refractivity contribution >= 4 is 5.69 Å². The highest BCUT2D eigenvalue weighted by Gasteiger charge is 2.04. The van der Waals surface area contributed by atoms with Gasteiger partial charge in [-0.2, -0.15) is 0 Å². The number of benzene rings is 1. The van der Waals surface area contributed by atoms with Gasteiger partial charge in [-0.25, -0.2) is 0 Å². The molecule has 18 heavy (non-hydrogen) atoms. The summed E-state index contributed by atoms with van der Waals surface area (Å²) >= 11 is 0. The average Bonchev–Trinajstić information content (AvgIpc) is 2.40. The van der Waals surface area contributed by atoms with Gasteiger partial charge in [0.15, 0.2) is 0 Å². The Morgan fingerprint density at radius 3 is 2.28 bits per heavy atom. The highest BCUT2D eigenvalue weighted by Crippen LogP contribution is 2.19. The topological polar surface area (TPSA) is 36.4 Å². The molecule has 0 saturated carbocycles. The third-order valence-electron chi connectivity index (χ3n) is 2.99. The van der Waals surface area contributed by atoms with Crippen LogP contribution in [-0.2, 0) is 6.54 Å². The molecule has 1 N–H and O–H groups in total. The van der Waals surface area contributed by atoms with Gasteiger partial charge in [-0.1, -0.05) is 12.1 Å². The van der Waals surface area contributed by atoms with Gasteiger partial charge in [0.05, 0.1) is 6.10 Å². The van der Waals surface area contributed by atoms with E-state index in [0.717, 1.165) is 17.8 Å². The van der Waals surface area contributed by atoms with Crippen molar-refractivity contribution in [1.29, 1.82) is 0 Å².